The lowest BCUT2D eigenvalue weighted by Gasteiger charge is -2.23. The van der Waals surface area contributed by atoms with Crippen LogP contribution in [0.3, 0.4) is 0 Å². The Morgan fingerprint density at radius 1 is 1.35 bits per heavy atom. The van der Waals surface area contributed by atoms with E-state index in [1.54, 1.807) is 6.20 Å². The van der Waals surface area contributed by atoms with Gasteiger partial charge >= 0.3 is 0 Å². The number of rotatable bonds is 3. The normalized spacial score (nSPS) is 23.0. The third kappa shape index (κ3) is 1.96. The molecule has 2 aliphatic rings. The maximum atomic E-state index is 11.9. The van der Waals surface area contributed by atoms with Gasteiger partial charge in [0.15, 0.2) is 5.65 Å². The molecule has 2 N–H and O–H groups in total. The van der Waals surface area contributed by atoms with Gasteiger partial charge in [0.05, 0.1) is 6.04 Å². The first-order valence-corrected chi connectivity index (χ1v) is 7.16. The predicted octanol–water partition coefficient (Wildman–Crippen LogP) is 0.397. The number of piperazine rings is 1. The van der Waals surface area contributed by atoms with Gasteiger partial charge in [0, 0.05) is 31.7 Å². The van der Waals surface area contributed by atoms with Crippen molar-refractivity contribution in [2.45, 2.75) is 31.3 Å². The number of hydrogen-bond donors (Lipinski definition) is 2. The van der Waals surface area contributed by atoms with Gasteiger partial charge in [-0.2, -0.15) is 0 Å². The highest BCUT2D eigenvalue weighted by Crippen LogP contribution is 2.38. The van der Waals surface area contributed by atoms with Gasteiger partial charge in [0.1, 0.15) is 11.3 Å². The molecule has 20 heavy (non-hydrogen) atoms. The van der Waals surface area contributed by atoms with E-state index in [4.69, 9.17) is 0 Å². The van der Waals surface area contributed by atoms with E-state index in [0.29, 0.717) is 19.0 Å². The minimum atomic E-state index is -0.182. The van der Waals surface area contributed by atoms with Crippen LogP contribution in [0.2, 0.25) is 0 Å². The number of aromatic nitrogens is 3. The van der Waals surface area contributed by atoms with Crippen molar-refractivity contribution in [3.8, 4) is 0 Å². The van der Waals surface area contributed by atoms with E-state index < -0.39 is 0 Å². The molecule has 104 valence electrons. The zero-order valence-electron chi connectivity index (χ0n) is 11.2. The van der Waals surface area contributed by atoms with Crippen LogP contribution in [0.5, 0.6) is 0 Å². The topological polar surface area (TPSA) is 71.8 Å². The van der Waals surface area contributed by atoms with Crippen LogP contribution < -0.4 is 10.6 Å². The molecule has 2 aromatic heterocycles. The van der Waals surface area contributed by atoms with Gasteiger partial charge < -0.3 is 15.2 Å². The molecule has 6 heteroatoms. The molecule has 0 spiro atoms. The molecule has 1 aliphatic heterocycles. The predicted molar refractivity (Wildman–Crippen MR) is 74.3 cm³/mol. The van der Waals surface area contributed by atoms with Gasteiger partial charge in [-0.05, 0) is 25.0 Å². The summed E-state index contributed by atoms with van der Waals surface area (Å²) >= 11 is 0. The second kappa shape index (κ2) is 4.56. The summed E-state index contributed by atoms with van der Waals surface area (Å²) < 4.78 is 2.22. The van der Waals surface area contributed by atoms with Crippen LogP contribution in [0, 0.1) is 0 Å². The molecule has 6 nitrogen and oxygen atoms in total. The Morgan fingerprint density at radius 3 is 3.05 bits per heavy atom. The third-order valence-electron chi connectivity index (χ3n) is 3.95. The standard InChI is InChI=1S/C14H17N5O/c20-14-11(15-6-7-17-14)8-12-18-10-2-1-5-16-13(10)19(12)9-3-4-9/h1-2,5,9,11,15H,3-4,6-8H2,(H,17,20). The first-order valence-electron chi connectivity index (χ1n) is 7.16. The van der Waals surface area contributed by atoms with Crippen LogP contribution in [0.4, 0.5) is 0 Å². The van der Waals surface area contributed by atoms with Crippen molar-refractivity contribution in [2.75, 3.05) is 13.1 Å². The Morgan fingerprint density at radius 2 is 2.25 bits per heavy atom. The fourth-order valence-electron chi connectivity index (χ4n) is 2.83. The summed E-state index contributed by atoms with van der Waals surface area (Å²) in [5, 5.41) is 6.16. The molecule has 1 aliphatic carbocycles. The van der Waals surface area contributed by atoms with Crippen LogP contribution in [0.1, 0.15) is 24.7 Å². The van der Waals surface area contributed by atoms with Crippen LogP contribution in [-0.2, 0) is 11.2 Å². The monoisotopic (exact) mass is 271 g/mol. The molecule has 0 bridgehead atoms. The average Bonchev–Trinajstić information content (AvgIpc) is 3.23. The zero-order chi connectivity index (χ0) is 13.5. The number of carbonyl (C=O) groups excluding carboxylic acids is 1. The Labute approximate surface area is 116 Å². The number of carbonyl (C=O) groups is 1. The first kappa shape index (κ1) is 11.8. The lowest BCUT2D eigenvalue weighted by Crippen LogP contribution is -2.54. The Balaban J connectivity index is 1.71. The fourth-order valence-corrected chi connectivity index (χ4v) is 2.83. The van der Waals surface area contributed by atoms with Crippen molar-refractivity contribution >= 4 is 17.1 Å². The van der Waals surface area contributed by atoms with E-state index in [2.05, 4.69) is 25.2 Å². The fraction of sp³-hybridized carbons (Fsp3) is 0.500. The number of imidazole rings is 1. The highest BCUT2D eigenvalue weighted by atomic mass is 16.2. The highest BCUT2D eigenvalue weighted by Gasteiger charge is 2.31. The molecule has 1 saturated heterocycles. The van der Waals surface area contributed by atoms with Crippen LogP contribution in [0.15, 0.2) is 18.3 Å². The molecule has 2 fully saturated rings. The van der Waals surface area contributed by atoms with Crippen molar-refractivity contribution in [2.24, 2.45) is 0 Å². The summed E-state index contributed by atoms with van der Waals surface area (Å²) in [6.07, 6.45) is 4.79. The van der Waals surface area contributed by atoms with E-state index in [1.807, 2.05) is 12.1 Å². The summed E-state index contributed by atoms with van der Waals surface area (Å²) in [6, 6.07) is 4.22. The lowest BCUT2D eigenvalue weighted by atomic mass is 10.1. The smallest absolute Gasteiger partial charge is 0.237 e. The lowest BCUT2D eigenvalue weighted by molar-refractivity contribution is -0.124. The maximum Gasteiger partial charge on any atom is 0.237 e. The molecule has 4 rings (SSSR count). The summed E-state index contributed by atoms with van der Waals surface area (Å²) in [5.74, 6) is 1.04. The van der Waals surface area contributed by atoms with Crippen molar-refractivity contribution in [3.63, 3.8) is 0 Å². The summed E-state index contributed by atoms with van der Waals surface area (Å²) in [4.78, 5) is 21.0. The van der Waals surface area contributed by atoms with Gasteiger partial charge in [0.25, 0.3) is 0 Å². The summed E-state index contributed by atoms with van der Waals surface area (Å²) in [5.41, 5.74) is 1.87. The number of amides is 1. The van der Waals surface area contributed by atoms with Crippen molar-refractivity contribution in [1.29, 1.82) is 0 Å². The molecule has 1 amide bonds. The number of nitrogens with zero attached hydrogens (tertiary/aromatic N) is 3. The maximum absolute atomic E-state index is 11.9. The molecule has 2 aromatic rings. The van der Waals surface area contributed by atoms with Gasteiger partial charge in [0.2, 0.25) is 5.91 Å². The molecule has 1 saturated carbocycles. The number of fused-ring (bicyclic) bond motifs is 1. The van der Waals surface area contributed by atoms with Crippen molar-refractivity contribution in [1.82, 2.24) is 25.2 Å². The van der Waals surface area contributed by atoms with Gasteiger partial charge in [-0.15, -0.1) is 0 Å². The second-order valence-electron chi connectivity index (χ2n) is 5.48. The largest absolute Gasteiger partial charge is 0.353 e. The minimum absolute atomic E-state index is 0.0682. The summed E-state index contributed by atoms with van der Waals surface area (Å²) in [6.45, 7) is 1.52. The van der Waals surface area contributed by atoms with Crippen molar-refractivity contribution < 1.29 is 4.79 Å². The molecule has 1 atom stereocenters. The molecular weight excluding hydrogens is 254 g/mol. The quantitative estimate of drug-likeness (QED) is 0.847. The SMILES string of the molecule is O=C1NCCNC1Cc1nc2cccnc2n1C1CC1. The Kier molecular flexibility index (Phi) is 2.70. The van der Waals surface area contributed by atoms with E-state index in [0.717, 1.165) is 23.5 Å². The van der Waals surface area contributed by atoms with Crippen LogP contribution in [0.25, 0.3) is 11.2 Å². The van der Waals surface area contributed by atoms with E-state index in [-0.39, 0.29) is 11.9 Å². The Hall–Kier alpha value is -1.95. The highest BCUT2D eigenvalue weighted by molar-refractivity contribution is 5.83. The Bertz CT molecular complexity index is 661. The van der Waals surface area contributed by atoms with Gasteiger partial charge in [-0.25, -0.2) is 9.97 Å². The number of pyridine rings is 1. The van der Waals surface area contributed by atoms with E-state index in [9.17, 15) is 4.79 Å². The molecule has 0 radical (unpaired) electrons. The van der Waals surface area contributed by atoms with Crippen LogP contribution >= 0.6 is 0 Å². The number of hydrogen-bond acceptors (Lipinski definition) is 4. The van der Waals surface area contributed by atoms with E-state index in [1.165, 1.54) is 12.8 Å². The molecular formula is C14H17N5O. The zero-order valence-corrected chi connectivity index (χ0v) is 11.2. The molecule has 0 aromatic carbocycles. The second-order valence-corrected chi connectivity index (χ2v) is 5.48. The number of nitrogens with one attached hydrogen (secondary N) is 2. The van der Waals surface area contributed by atoms with Crippen LogP contribution in [-0.4, -0.2) is 39.6 Å². The minimum Gasteiger partial charge on any atom is -0.353 e. The van der Waals surface area contributed by atoms with Crippen molar-refractivity contribution in [3.05, 3.63) is 24.2 Å². The average molecular weight is 271 g/mol. The van der Waals surface area contributed by atoms with Gasteiger partial charge in [-0.3, -0.25) is 4.79 Å². The van der Waals surface area contributed by atoms with E-state index >= 15 is 0 Å². The third-order valence-corrected chi connectivity index (χ3v) is 3.95. The molecule has 3 heterocycles. The summed E-state index contributed by atoms with van der Waals surface area (Å²) in [7, 11) is 0. The van der Waals surface area contributed by atoms with Gasteiger partial charge in [-0.1, -0.05) is 0 Å². The first-order chi connectivity index (χ1) is 9.83. The molecule has 1 unspecified atom stereocenters.